The van der Waals surface area contributed by atoms with E-state index in [1.165, 1.54) is 0 Å². The molecule has 2 nitrogen and oxygen atoms in total. The lowest BCUT2D eigenvalue weighted by Gasteiger charge is -2.04. The molecule has 1 aromatic rings. The van der Waals surface area contributed by atoms with E-state index in [4.69, 9.17) is 5.73 Å². The number of nitrogens with two attached hydrogens (primary N) is 1. The summed E-state index contributed by atoms with van der Waals surface area (Å²) < 4.78 is 0. The van der Waals surface area contributed by atoms with Crippen molar-refractivity contribution < 1.29 is 4.79 Å². The molecule has 0 radical (unpaired) electrons. The molecule has 0 aliphatic carbocycles. The summed E-state index contributed by atoms with van der Waals surface area (Å²) in [6.07, 6.45) is 1.17. The van der Waals surface area contributed by atoms with Crippen LogP contribution in [0.1, 0.15) is 25.8 Å². The average molecular weight is 191 g/mol. The van der Waals surface area contributed by atoms with Gasteiger partial charge < -0.3 is 10.5 Å². The zero-order valence-electron chi connectivity index (χ0n) is 8.79. The maximum atomic E-state index is 10.2. The third-order valence-electron chi connectivity index (χ3n) is 1.67. The van der Waals surface area contributed by atoms with Gasteiger partial charge >= 0.3 is 0 Å². The lowest BCUT2D eigenvalue weighted by Crippen LogP contribution is -1.92. The zero-order chi connectivity index (χ0) is 11.0. The molecule has 76 valence electrons. The van der Waals surface area contributed by atoms with Crippen LogP contribution in [-0.2, 0) is 4.79 Å². The number of carbonyl (C=O) groups is 1. The van der Waals surface area contributed by atoms with Crippen LogP contribution in [0.15, 0.2) is 30.8 Å². The fourth-order valence-electron chi connectivity index (χ4n) is 1.03. The minimum Gasteiger partial charge on any atom is -0.398 e. The first-order valence-corrected chi connectivity index (χ1v) is 4.72. The second-order valence-electron chi connectivity index (χ2n) is 2.56. The predicted octanol–water partition coefficient (Wildman–Crippen LogP) is 2.90. The summed E-state index contributed by atoms with van der Waals surface area (Å²) in [4.78, 5) is 10.2. The monoisotopic (exact) mass is 191 g/mol. The van der Waals surface area contributed by atoms with Gasteiger partial charge in [-0.05, 0) is 11.6 Å². The number of aldehydes is 1. The van der Waals surface area contributed by atoms with Crippen molar-refractivity contribution in [3.8, 4) is 0 Å². The summed E-state index contributed by atoms with van der Waals surface area (Å²) in [5.41, 5.74) is 7.98. The number of para-hydroxylation sites is 1. The van der Waals surface area contributed by atoms with Crippen LogP contribution in [0.2, 0.25) is 0 Å². The third kappa shape index (κ3) is 3.44. The highest BCUT2D eigenvalue weighted by molar-refractivity contribution is 5.81. The second kappa shape index (κ2) is 6.89. The van der Waals surface area contributed by atoms with Crippen molar-refractivity contribution in [1.29, 1.82) is 0 Å². The Morgan fingerprint density at radius 1 is 1.43 bits per heavy atom. The van der Waals surface area contributed by atoms with Gasteiger partial charge in [-0.15, -0.1) is 0 Å². The van der Waals surface area contributed by atoms with Gasteiger partial charge in [-0.2, -0.15) is 0 Å². The molecular weight excluding hydrogens is 174 g/mol. The smallest absolute Gasteiger partial charge is 0.124 e. The molecular formula is C12H17NO. The lowest BCUT2D eigenvalue weighted by atomic mass is 10.0. The highest BCUT2D eigenvalue weighted by Gasteiger charge is 2.00. The number of benzene rings is 1. The van der Waals surface area contributed by atoms with Gasteiger partial charge in [0, 0.05) is 17.7 Å². The van der Waals surface area contributed by atoms with Crippen molar-refractivity contribution in [3.63, 3.8) is 0 Å². The molecule has 0 saturated heterocycles. The van der Waals surface area contributed by atoms with Crippen LogP contribution in [0.4, 0.5) is 5.69 Å². The molecule has 2 heteroatoms. The maximum absolute atomic E-state index is 10.2. The fraction of sp³-hybridized carbons (Fsp3) is 0.250. The highest BCUT2D eigenvalue weighted by atomic mass is 16.1. The first-order valence-electron chi connectivity index (χ1n) is 4.72. The Hall–Kier alpha value is -1.57. The number of nitrogen functional groups attached to an aromatic ring is 1. The van der Waals surface area contributed by atoms with Crippen molar-refractivity contribution in [3.05, 3.63) is 36.4 Å². The van der Waals surface area contributed by atoms with Gasteiger partial charge in [-0.25, -0.2) is 0 Å². The van der Waals surface area contributed by atoms with Gasteiger partial charge in [0.25, 0.3) is 0 Å². The minimum absolute atomic E-state index is 0.341. The van der Waals surface area contributed by atoms with Crippen LogP contribution < -0.4 is 5.73 Å². The van der Waals surface area contributed by atoms with Crippen molar-refractivity contribution in [2.24, 2.45) is 0 Å². The minimum atomic E-state index is 0.341. The van der Waals surface area contributed by atoms with Gasteiger partial charge in [-0.1, -0.05) is 38.6 Å². The zero-order valence-corrected chi connectivity index (χ0v) is 8.79. The number of anilines is 1. The largest absolute Gasteiger partial charge is 0.398 e. The standard InChI is InChI=1S/C10H11NO.C2H6/c1-8(6-7-12)9-4-2-3-5-10(9)11;1-2/h2-5,7H,1,6,11H2;1-2H3. The van der Waals surface area contributed by atoms with E-state index in [1.807, 2.05) is 32.0 Å². The van der Waals surface area contributed by atoms with Crippen molar-refractivity contribution in [2.45, 2.75) is 20.3 Å². The Kier molecular flexibility index (Phi) is 6.12. The molecule has 1 aromatic carbocycles. The van der Waals surface area contributed by atoms with Crippen LogP contribution in [0.25, 0.3) is 5.57 Å². The highest BCUT2D eigenvalue weighted by Crippen LogP contribution is 2.20. The van der Waals surface area contributed by atoms with Gasteiger partial charge in [-0.3, -0.25) is 0 Å². The van der Waals surface area contributed by atoms with Crippen LogP contribution >= 0.6 is 0 Å². The molecule has 0 spiro atoms. The summed E-state index contributed by atoms with van der Waals surface area (Å²) in [6.45, 7) is 7.76. The van der Waals surface area contributed by atoms with Crippen LogP contribution in [0, 0.1) is 0 Å². The first kappa shape index (κ1) is 12.4. The molecule has 0 atom stereocenters. The quantitative estimate of drug-likeness (QED) is 0.589. The van der Waals surface area contributed by atoms with E-state index in [0.717, 1.165) is 17.4 Å². The normalized spacial score (nSPS) is 8.43. The van der Waals surface area contributed by atoms with E-state index in [9.17, 15) is 4.79 Å². The molecule has 0 aromatic heterocycles. The molecule has 0 amide bonds. The molecule has 0 bridgehead atoms. The molecule has 0 aliphatic rings. The molecule has 2 N–H and O–H groups in total. The van der Waals surface area contributed by atoms with Crippen LogP contribution in [0.3, 0.4) is 0 Å². The number of hydrogen-bond donors (Lipinski definition) is 1. The van der Waals surface area contributed by atoms with E-state index >= 15 is 0 Å². The van der Waals surface area contributed by atoms with Gasteiger partial charge in [0.15, 0.2) is 0 Å². The van der Waals surface area contributed by atoms with E-state index in [0.29, 0.717) is 12.1 Å². The summed E-state index contributed by atoms with van der Waals surface area (Å²) >= 11 is 0. The Labute approximate surface area is 85.4 Å². The molecule has 0 unspecified atom stereocenters. The maximum Gasteiger partial charge on any atom is 0.124 e. The van der Waals surface area contributed by atoms with Crippen molar-refractivity contribution in [1.82, 2.24) is 0 Å². The number of hydrogen-bond acceptors (Lipinski definition) is 2. The van der Waals surface area contributed by atoms with Gasteiger partial charge in [0.1, 0.15) is 6.29 Å². The summed E-state index contributed by atoms with van der Waals surface area (Å²) in [5, 5.41) is 0. The lowest BCUT2D eigenvalue weighted by molar-refractivity contribution is -0.107. The average Bonchev–Trinajstić information content (AvgIpc) is 2.22. The summed E-state index contributed by atoms with van der Waals surface area (Å²) in [6, 6.07) is 7.39. The second-order valence-corrected chi connectivity index (χ2v) is 2.56. The van der Waals surface area contributed by atoms with Gasteiger partial charge in [0.05, 0.1) is 0 Å². The number of rotatable bonds is 3. The van der Waals surface area contributed by atoms with Crippen molar-refractivity contribution in [2.75, 3.05) is 5.73 Å². The number of allylic oxidation sites excluding steroid dienone is 1. The molecule has 0 heterocycles. The van der Waals surface area contributed by atoms with Crippen molar-refractivity contribution >= 4 is 17.5 Å². The Morgan fingerprint density at radius 2 is 2.00 bits per heavy atom. The molecule has 14 heavy (non-hydrogen) atoms. The predicted molar refractivity (Wildman–Crippen MR) is 61.9 cm³/mol. The molecule has 0 saturated carbocycles. The number of carbonyl (C=O) groups excluding carboxylic acids is 1. The Bertz CT molecular complexity index is 305. The van der Waals surface area contributed by atoms with E-state index in [-0.39, 0.29) is 0 Å². The van der Waals surface area contributed by atoms with E-state index < -0.39 is 0 Å². The molecule has 0 aliphatic heterocycles. The van der Waals surface area contributed by atoms with Crippen LogP contribution in [0.5, 0.6) is 0 Å². The Morgan fingerprint density at radius 3 is 2.50 bits per heavy atom. The topological polar surface area (TPSA) is 43.1 Å². The Balaban J connectivity index is 0.000000791. The SMILES string of the molecule is C=C(CC=O)c1ccccc1N.CC. The fourth-order valence-corrected chi connectivity index (χ4v) is 1.03. The summed E-state index contributed by atoms with van der Waals surface area (Å²) in [5.74, 6) is 0. The molecule has 1 rings (SSSR count). The first-order chi connectivity index (χ1) is 6.75. The van der Waals surface area contributed by atoms with E-state index in [2.05, 4.69) is 6.58 Å². The van der Waals surface area contributed by atoms with Gasteiger partial charge in [0.2, 0.25) is 0 Å². The van der Waals surface area contributed by atoms with Crippen LogP contribution in [-0.4, -0.2) is 6.29 Å². The third-order valence-corrected chi connectivity index (χ3v) is 1.67. The summed E-state index contributed by atoms with van der Waals surface area (Å²) in [7, 11) is 0. The van der Waals surface area contributed by atoms with E-state index in [1.54, 1.807) is 6.07 Å². The molecule has 0 fully saturated rings.